The number of hydrogen-bond acceptors (Lipinski definition) is 6. The molecule has 0 amide bonds. The fourth-order valence-electron chi connectivity index (χ4n) is 2.50. The second-order valence-electron chi connectivity index (χ2n) is 5.45. The van der Waals surface area contributed by atoms with Crippen molar-refractivity contribution in [1.82, 2.24) is 19.9 Å². The van der Waals surface area contributed by atoms with E-state index >= 15 is 0 Å². The third-order valence-corrected chi connectivity index (χ3v) is 4.03. The molecule has 0 bridgehead atoms. The summed E-state index contributed by atoms with van der Waals surface area (Å²) in [7, 11) is 1.54. The summed E-state index contributed by atoms with van der Waals surface area (Å²) in [6, 6.07) is -1.54. The monoisotopic (exact) mass is 322 g/mol. The van der Waals surface area contributed by atoms with Crippen molar-refractivity contribution in [3.8, 4) is 0 Å². The number of methoxy groups -OCH3 is 1. The van der Waals surface area contributed by atoms with Gasteiger partial charge in [-0.15, -0.1) is 0 Å². The van der Waals surface area contributed by atoms with Gasteiger partial charge in [0.1, 0.15) is 12.6 Å². The molecule has 0 saturated carbocycles. The van der Waals surface area contributed by atoms with Crippen LogP contribution in [0.5, 0.6) is 0 Å². The summed E-state index contributed by atoms with van der Waals surface area (Å²) in [5.74, 6) is 0.929. The number of nitrogens with zero attached hydrogens (tertiary/aromatic N) is 4. The van der Waals surface area contributed by atoms with Crippen molar-refractivity contribution in [2.75, 3.05) is 33.3 Å². The van der Waals surface area contributed by atoms with Crippen LogP contribution >= 0.6 is 0 Å². The van der Waals surface area contributed by atoms with E-state index in [9.17, 15) is 13.2 Å². The van der Waals surface area contributed by atoms with E-state index < -0.39 is 12.2 Å². The largest absolute Gasteiger partial charge is 0.403 e. The summed E-state index contributed by atoms with van der Waals surface area (Å²) in [6.07, 6.45) is -4.19. The lowest BCUT2D eigenvalue weighted by Crippen LogP contribution is -2.53. The van der Waals surface area contributed by atoms with Crippen LogP contribution < -0.4 is 0 Å². The molecule has 1 aromatic heterocycles. The van der Waals surface area contributed by atoms with E-state index in [0.717, 1.165) is 0 Å². The zero-order valence-electron chi connectivity index (χ0n) is 12.9. The molecular formula is C13H21F3N4O2. The number of aromatic nitrogens is 2. The lowest BCUT2D eigenvalue weighted by Gasteiger charge is -2.39. The minimum absolute atomic E-state index is 0.124. The number of alkyl halides is 3. The van der Waals surface area contributed by atoms with Gasteiger partial charge in [0.2, 0.25) is 5.89 Å². The van der Waals surface area contributed by atoms with Gasteiger partial charge in [-0.3, -0.25) is 9.80 Å². The molecule has 0 N–H and O–H groups in total. The summed E-state index contributed by atoms with van der Waals surface area (Å²) >= 11 is 0. The molecule has 2 rings (SSSR count). The van der Waals surface area contributed by atoms with E-state index in [2.05, 4.69) is 10.1 Å². The first-order valence-corrected chi connectivity index (χ1v) is 7.19. The Labute approximate surface area is 127 Å². The Bertz CT molecular complexity index is 472. The second-order valence-corrected chi connectivity index (χ2v) is 5.45. The average Bonchev–Trinajstić information content (AvgIpc) is 2.94. The molecular weight excluding hydrogens is 301 g/mol. The maximum atomic E-state index is 12.7. The number of rotatable bonds is 5. The molecule has 2 atom stereocenters. The minimum atomic E-state index is -4.19. The van der Waals surface area contributed by atoms with Crippen molar-refractivity contribution in [3.63, 3.8) is 0 Å². The molecule has 2 unspecified atom stereocenters. The van der Waals surface area contributed by atoms with Crippen molar-refractivity contribution >= 4 is 0 Å². The third kappa shape index (κ3) is 3.96. The van der Waals surface area contributed by atoms with Crippen LogP contribution in [0.25, 0.3) is 0 Å². The summed E-state index contributed by atoms with van der Waals surface area (Å²) in [6.45, 7) is 5.18. The van der Waals surface area contributed by atoms with Gasteiger partial charge in [0.25, 0.3) is 0 Å². The highest BCUT2D eigenvalue weighted by atomic mass is 19.4. The molecule has 1 aliphatic rings. The van der Waals surface area contributed by atoms with Crippen LogP contribution in [0.1, 0.15) is 31.6 Å². The standard InChI is InChI=1S/C13H21F3N4O2/c1-9(12-17-11(8-21-3)18-22-12)19-4-6-20(7-5-19)10(2)13(14,15)16/h9-10H,4-8H2,1-3H3. The van der Waals surface area contributed by atoms with E-state index in [-0.39, 0.29) is 12.6 Å². The molecule has 1 aromatic rings. The Balaban J connectivity index is 1.90. The molecule has 22 heavy (non-hydrogen) atoms. The zero-order valence-corrected chi connectivity index (χ0v) is 12.9. The van der Waals surface area contributed by atoms with Crippen molar-refractivity contribution in [3.05, 3.63) is 11.7 Å². The van der Waals surface area contributed by atoms with Gasteiger partial charge in [0.05, 0.1) is 6.04 Å². The van der Waals surface area contributed by atoms with Crippen LogP contribution in [0.4, 0.5) is 13.2 Å². The number of halogens is 3. The fraction of sp³-hybridized carbons (Fsp3) is 0.846. The quantitative estimate of drug-likeness (QED) is 0.824. The van der Waals surface area contributed by atoms with E-state index in [1.54, 1.807) is 7.11 Å². The molecule has 1 saturated heterocycles. The highest BCUT2D eigenvalue weighted by Gasteiger charge is 2.41. The number of piperazine rings is 1. The van der Waals surface area contributed by atoms with Crippen molar-refractivity contribution in [2.24, 2.45) is 0 Å². The van der Waals surface area contributed by atoms with Gasteiger partial charge in [0, 0.05) is 33.3 Å². The summed E-state index contributed by atoms with van der Waals surface area (Å²) in [5.41, 5.74) is 0. The van der Waals surface area contributed by atoms with Crippen LogP contribution in [-0.4, -0.2) is 65.4 Å². The first-order valence-electron chi connectivity index (χ1n) is 7.19. The van der Waals surface area contributed by atoms with Gasteiger partial charge in [0.15, 0.2) is 5.82 Å². The Hall–Kier alpha value is -1.19. The lowest BCUT2D eigenvalue weighted by atomic mass is 10.2. The van der Waals surface area contributed by atoms with Crippen LogP contribution in [-0.2, 0) is 11.3 Å². The van der Waals surface area contributed by atoms with Gasteiger partial charge < -0.3 is 9.26 Å². The average molecular weight is 322 g/mol. The lowest BCUT2D eigenvalue weighted by molar-refractivity contribution is -0.183. The third-order valence-electron chi connectivity index (χ3n) is 4.03. The van der Waals surface area contributed by atoms with Crippen LogP contribution in [0.15, 0.2) is 4.52 Å². The van der Waals surface area contributed by atoms with E-state index in [0.29, 0.717) is 37.9 Å². The van der Waals surface area contributed by atoms with Gasteiger partial charge >= 0.3 is 6.18 Å². The van der Waals surface area contributed by atoms with Crippen LogP contribution in [0, 0.1) is 0 Å². The molecule has 0 aliphatic carbocycles. The SMILES string of the molecule is COCc1noc(C(C)N2CCN(C(C)C(F)(F)F)CC2)n1. The summed E-state index contributed by atoms with van der Waals surface area (Å²) in [5, 5.41) is 3.80. The maximum Gasteiger partial charge on any atom is 0.403 e. The van der Waals surface area contributed by atoms with Gasteiger partial charge in [-0.2, -0.15) is 18.2 Å². The molecule has 0 spiro atoms. The number of ether oxygens (including phenoxy) is 1. The van der Waals surface area contributed by atoms with Gasteiger partial charge in [-0.1, -0.05) is 5.16 Å². The van der Waals surface area contributed by atoms with Crippen molar-refractivity contribution in [2.45, 2.75) is 38.7 Å². The van der Waals surface area contributed by atoms with Crippen LogP contribution in [0.3, 0.4) is 0 Å². The molecule has 1 aliphatic heterocycles. The van der Waals surface area contributed by atoms with Gasteiger partial charge in [-0.05, 0) is 13.8 Å². The molecule has 126 valence electrons. The predicted octanol–water partition coefficient (Wildman–Crippen LogP) is 1.85. The highest BCUT2D eigenvalue weighted by molar-refractivity contribution is 4.93. The first kappa shape index (κ1) is 17.2. The second kappa shape index (κ2) is 6.93. The fourth-order valence-corrected chi connectivity index (χ4v) is 2.50. The smallest absolute Gasteiger partial charge is 0.377 e. The predicted molar refractivity (Wildman–Crippen MR) is 72.1 cm³/mol. The Morgan fingerprint density at radius 3 is 2.32 bits per heavy atom. The zero-order chi connectivity index (χ0) is 16.3. The molecule has 9 heteroatoms. The highest BCUT2D eigenvalue weighted by Crippen LogP contribution is 2.27. The van der Waals surface area contributed by atoms with E-state index in [1.807, 2.05) is 11.8 Å². The van der Waals surface area contributed by atoms with Crippen molar-refractivity contribution in [1.29, 1.82) is 0 Å². The van der Waals surface area contributed by atoms with E-state index in [1.165, 1.54) is 11.8 Å². The Morgan fingerprint density at radius 2 is 1.77 bits per heavy atom. The molecule has 6 nitrogen and oxygen atoms in total. The molecule has 0 aromatic carbocycles. The topological polar surface area (TPSA) is 54.6 Å². The number of hydrogen-bond donors (Lipinski definition) is 0. The van der Waals surface area contributed by atoms with E-state index in [4.69, 9.17) is 9.26 Å². The Kier molecular flexibility index (Phi) is 5.41. The maximum absolute atomic E-state index is 12.7. The molecule has 2 heterocycles. The Morgan fingerprint density at radius 1 is 1.18 bits per heavy atom. The summed E-state index contributed by atoms with van der Waals surface area (Å²) in [4.78, 5) is 7.73. The van der Waals surface area contributed by atoms with Crippen molar-refractivity contribution < 1.29 is 22.4 Å². The summed E-state index contributed by atoms with van der Waals surface area (Å²) < 4.78 is 48.3. The normalized spacial score (nSPS) is 21.0. The molecule has 1 fully saturated rings. The molecule has 0 radical (unpaired) electrons. The van der Waals surface area contributed by atoms with Crippen LogP contribution in [0.2, 0.25) is 0 Å². The van der Waals surface area contributed by atoms with Gasteiger partial charge in [-0.25, -0.2) is 0 Å². The minimum Gasteiger partial charge on any atom is -0.377 e. The first-order chi connectivity index (χ1) is 10.3.